The molecule has 0 radical (unpaired) electrons. The predicted octanol–water partition coefficient (Wildman–Crippen LogP) is 5.54. The van der Waals surface area contributed by atoms with Gasteiger partial charge in [0, 0.05) is 12.3 Å². The Balaban J connectivity index is 2.49. The second-order valence-corrected chi connectivity index (χ2v) is 7.79. The Kier molecular flexibility index (Phi) is 6.29. The van der Waals surface area contributed by atoms with Crippen molar-refractivity contribution in [2.75, 3.05) is 0 Å². The lowest BCUT2D eigenvalue weighted by Crippen LogP contribution is -2.22. The summed E-state index contributed by atoms with van der Waals surface area (Å²) in [4.78, 5) is 12.5. The van der Waals surface area contributed by atoms with Crippen molar-refractivity contribution >= 4 is 5.78 Å². The standard InChI is InChI=1S/C18H32O/c1-14(2)12-16(17(19)13-18(3,4)5)11-10-15-8-6-7-9-15/h15-16H,1,6-13H2,2-5H3. The van der Waals surface area contributed by atoms with Crippen LogP contribution in [-0.4, -0.2) is 5.78 Å². The van der Waals surface area contributed by atoms with Crippen LogP contribution < -0.4 is 0 Å². The third kappa shape index (κ3) is 6.94. The maximum atomic E-state index is 12.5. The highest BCUT2D eigenvalue weighted by Gasteiger charge is 2.25. The van der Waals surface area contributed by atoms with E-state index in [0.717, 1.165) is 24.3 Å². The van der Waals surface area contributed by atoms with Crippen LogP contribution in [0.2, 0.25) is 0 Å². The molecule has 1 saturated carbocycles. The van der Waals surface area contributed by atoms with Crippen molar-refractivity contribution < 1.29 is 4.79 Å². The van der Waals surface area contributed by atoms with Crippen molar-refractivity contribution in [3.8, 4) is 0 Å². The van der Waals surface area contributed by atoms with Gasteiger partial charge in [0.1, 0.15) is 5.78 Å². The van der Waals surface area contributed by atoms with E-state index in [9.17, 15) is 4.79 Å². The lowest BCUT2D eigenvalue weighted by Gasteiger charge is -2.23. The molecule has 0 aromatic heterocycles. The molecule has 1 unspecified atom stereocenters. The van der Waals surface area contributed by atoms with Crippen molar-refractivity contribution in [2.24, 2.45) is 17.3 Å². The Labute approximate surface area is 119 Å². The Morgan fingerprint density at radius 1 is 1.26 bits per heavy atom. The molecule has 0 saturated heterocycles. The zero-order valence-electron chi connectivity index (χ0n) is 13.4. The summed E-state index contributed by atoms with van der Waals surface area (Å²) >= 11 is 0. The highest BCUT2D eigenvalue weighted by molar-refractivity contribution is 5.81. The fourth-order valence-electron chi connectivity index (χ4n) is 3.20. The summed E-state index contributed by atoms with van der Waals surface area (Å²) in [5.41, 5.74) is 1.26. The molecule has 0 aliphatic heterocycles. The van der Waals surface area contributed by atoms with E-state index < -0.39 is 0 Å². The Morgan fingerprint density at radius 3 is 2.32 bits per heavy atom. The summed E-state index contributed by atoms with van der Waals surface area (Å²) in [7, 11) is 0. The second kappa shape index (κ2) is 7.26. The molecule has 1 aliphatic carbocycles. The molecule has 0 aromatic rings. The fourth-order valence-corrected chi connectivity index (χ4v) is 3.20. The third-order valence-corrected chi connectivity index (χ3v) is 4.15. The number of Topliss-reactive ketones (excluding diaryl/α,β-unsaturated/α-hetero) is 1. The summed E-state index contributed by atoms with van der Waals surface area (Å²) in [5.74, 6) is 1.56. The first kappa shape index (κ1) is 16.5. The van der Waals surface area contributed by atoms with Gasteiger partial charge in [-0.1, -0.05) is 52.0 Å². The molecular formula is C18H32O. The van der Waals surface area contributed by atoms with Crippen LogP contribution >= 0.6 is 0 Å². The van der Waals surface area contributed by atoms with Crippen molar-refractivity contribution in [1.29, 1.82) is 0 Å². The van der Waals surface area contributed by atoms with Gasteiger partial charge in [0.2, 0.25) is 0 Å². The minimum atomic E-state index is 0.109. The molecule has 1 rings (SSSR count). The number of carbonyl (C=O) groups is 1. The zero-order chi connectivity index (χ0) is 14.5. The number of rotatable bonds is 7. The molecule has 1 atom stereocenters. The lowest BCUT2D eigenvalue weighted by atomic mass is 9.81. The van der Waals surface area contributed by atoms with Gasteiger partial charge >= 0.3 is 0 Å². The maximum absolute atomic E-state index is 12.5. The second-order valence-electron chi connectivity index (χ2n) is 7.79. The number of hydrogen-bond donors (Lipinski definition) is 0. The van der Waals surface area contributed by atoms with Gasteiger partial charge in [-0.2, -0.15) is 0 Å². The van der Waals surface area contributed by atoms with Gasteiger partial charge in [0.05, 0.1) is 0 Å². The minimum absolute atomic E-state index is 0.109. The lowest BCUT2D eigenvalue weighted by molar-refractivity contribution is -0.124. The smallest absolute Gasteiger partial charge is 0.136 e. The van der Waals surface area contributed by atoms with Crippen LogP contribution in [0, 0.1) is 17.3 Å². The van der Waals surface area contributed by atoms with Gasteiger partial charge in [-0.05, 0) is 37.5 Å². The van der Waals surface area contributed by atoms with Crippen LogP contribution in [0.3, 0.4) is 0 Å². The first-order chi connectivity index (χ1) is 8.78. The van der Waals surface area contributed by atoms with Crippen LogP contribution in [0.25, 0.3) is 0 Å². The quantitative estimate of drug-likeness (QED) is 0.551. The van der Waals surface area contributed by atoms with Gasteiger partial charge in [0.15, 0.2) is 0 Å². The van der Waals surface area contributed by atoms with Crippen molar-refractivity contribution in [3.63, 3.8) is 0 Å². The van der Waals surface area contributed by atoms with Gasteiger partial charge in [-0.25, -0.2) is 0 Å². The highest BCUT2D eigenvalue weighted by Crippen LogP contribution is 2.32. The fraction of sp³-hybridized carbons (Fsp3) is 0.833. The van der Waals surface area contributed by atoms with E-state index in [0.29, 0.717) is 12.2 Å². The molecular weight excluding hydrogens is 232 g/mol. The SMILES string of the molecule is C=C(C)CC(CCC1CCCC1)C(=O)CC(C)(C)C. The van der Waals surface area contributed by atoms with Gasteiger partial charge in [0.25, 0.3) is 0 Å². The number of carbonyl (C=O) groups excluding carboxylic acids is 1. The molecule has 1 heteroatoms. The van der Waals surface area contributed by atoms with Crippen LogP contribution in [0.15, 0.2) is 12.2 Å². The summed E-state index contributed by atoms with van der Waals surface area (Å²) in [5, 5.41) is 0. The third-order valence-electron chi connectivity index (χ3n) is 4.15. The van der Waals surface area contributed by atoms with E-state index in [2.05, 4.69) is 27.4 Å². The largest absolute Gasteiger partial charge is 0.299 e. The van der Waals surface area contributed by atoms with Crippen LogP contribution in [-0.2, 0) is 4.79 Å². The van der Waals surface area contributed by atoms with Gasteiger partial charge < -0.3 is 0 Å². The Morgan fingerprint density at radius 2 is 1.84 bits per heavy atom. The van der Waals surface area contributed by atoms with Crippen LogP contribution in [0.4, 0.5) is 0 Å². The van der Waals surface area contributed by atoms with E-state index in [1.165, 1.54) is 32.1 Å². The van der Waals surface area contributed by atoms with E-state index in [1.807, 2.05) is 6.92 Å². The van der Waals surface area contributed by atoms with Crippen LogP contribution in [0.1, 0.15) is 79.1 Å². The Bertz CT molecular complexity index is 302. The summed E-state index contributed by atoms with van der Waals surface area (Å²) in [6, 6.07) is 0. The summed E-state index contributed by atoms with van der Waals surface area (Å²) in [6.07, 6.45) is 9.47. The summed E-state index contributed by atoms with van der Waals surface area (Å²) < 4.78 is 0. The van der Waals surface area contributed by atoms with Crippen molar-refractivity contribution in [2.45, 2.75) is 79.1 Å². The highest BCUT2D eigenvalue weighted by atomic mass is 16.1. The number of hydrogen-bond acceptors (Lipinski definition) is 1. The van der Waals surface area contributed by atoms with E-state index in [-0.39, 0.29) is 11.3 Å². The molecule has 0 amide bonds. The zero-order valence-corrected chi connectivity index (χ0v) is 13.4. The normalized spacial score (nSPS) is 18.5. The molecule has 0 N–H and O–H groups in total. The number of ketones is 1. The summed E-state index contributed by atoms with van der Waals surface area (Å²) in [6.45, 7) is 12.5. The molecule has 1 fully saturated rings. The average molecular weight is 264 g/mol. The molecule has 1 aliphatic rings. The Hall–Kier alpha value is -0.590. The molecule has 110 valence electrons. The van der Waals surface area contributed by atoms with Crippen molar-refractivity contribution in [1.82, 2.24) is 0 Å². The van der Waals surface area contributed by atoms with Crippen molar-refractivity contribution in [3.05, 3.63) is 12.2 Å². The topological polar surface area (TPSA) is 17.1 Å². The molecule has 0 spiro atoms. The molecule has 19 heavy (non-hydrogen) atoms. The monoisotopic (exact) mass is 264 g/mol. The van der Waals surface area contributed by atoms with Crippen LogP contribution in [0.5, 0.6) is 0 Å². The molecule has 0 aromatic carbocycles. The van der Waals surface area contributed by atoms with Gasteiger partial charge in [-0.15, -0.1) is 6.58 Å². The minimum Gasteiger partial charge on any atom is -0.299 e. The van der Waals surface area contributed by atoms with E-state index in [4.69, 9.17) is 0 Å². The molecule has 1 nitrogen and oxygen atoms in total. The van der Waals surface area contributed by atoms with Gasteiger partial charge in [-0.3, -0.25) is 4.79 Å². The average Bonchev–Trinajstić information content (AvgIpc) is 2.73. The first-order valence-electron chi connectivity index (χ1n) is 7.95. The molecule has 0 bridgehead atoms. The predicted molar refractivity (Wildman–Crippen MR) is 83.2 cm³/mol. The van der Waals surface area contributed by atoms with E-state index >= 15 is 0 Å². The van der Waals surface area contributed by atoms with E-state index in [1.54, 1.807) is 0 Å². The first-order valence-corrected chi connectivity index (χ1v) is 7.95. The number of allylic oxidation sites excluding steroid dienone is 1. The molecule has 0 heterocycles. The maximum Gasteiger partial charge on any atom is 0.136 e.